The Hall–Kier alpha value is -2.47. The molecule has 1 aromatic carbocycles. The van der Waals surface area contributed by atoms with Crippen LogP contribution in [0.15, 0.2) is 46.9 Å². The van der Waals surface area contributed by atoms with Crippen molar-refractivity contribution in [1.82, 2.24) is 5.01 Å². The van der Waals surface area contributed by atoms with Gasteiger partial charge >= 0.3 is 0 Å². The van der Waals surface area contributed by atoms with Crippen molar-refractivity contribution < 1.29 is 14.7 Å². The minimum atomic E-state index is -1.23. The summed E-state index contributed by atoms with van der Waals surface area (Å²) in [6.07, 6.45) is 0.229. The number of carboxylic acids is 1. The van der Waals surface area contributed by atoms with Gasteiger partial charge in [-0.1, -0.05) is 35.9 Å². The molecule has 2 aromatic rings. The molecule has 0 N–H and O–H groups in total. The maximum atomic E-state index is 12.4. The molecule has 0 saturated carbocycles. The van der Waals surface area contributed by atoms with E-state index in [2.05, 4.69) is 5.10 Å². The van der Waals surface area contributed by atoms with Crippen LogP contribution in [0.4, 0.5) is 0 Å². The van der Waals surface area contributed by atoms with Gasteiger partial charge in [0.05, 0.1) is 16.6 Å². The van der Waals surface area contributed by atoms with Gasteiger partial charge in [0.2, 0.25) is 5.91 Å². The number of aryl methyl sites for hydroxylation is 1. The molecule has 2 heterocycles. The number of carbonyl (C=O) groups excluding carboxylic acids is 2. The maximum absolute atomic E-state index is 12.4. The van der Waals surface area contributed by atoms with Crippen LogP contribution in [0.5, 0.6) is 0 Å². The first-order valence-electron chi connectivity index (χ1n) is 7.74. The van der Waals surface area contributed by atoms with Crippen LogP contribution >= 0.6 is 11.3 Å². The van der Waals surface area contributed by atoms with E-state index in [0.717, 1.165) is 21.7 Å². The van der Waals surface area contributed by atoms with Gasteiger partial charge in [0.1, 0.15) is 0 Å². The highest BCUT2D eigenvalue weighted by Gasteiger charge is 2.33. The number of aliphatic carboxylic acids is 1. The number of nitrogens with zero attached hydrogens (tertiary/aromatic N) is 2. The lowest BCUT2D eigenvalue weighted by Gasteiger charge is -2.22. The van der Waals surface area contributed by atoms with Crippen molar-refractivity contribution in [2.45, 2.75) is 32.2 Å². The van der Waals surface area contributed by atoms with Gasteiger partial charge in [-0.2, -0.15) is 5.10 Å². The average Bonchev–Trinajstić information content (AvgIpc) is 3.22. The molecule has 1 aliphatic rings. The molecule has 6 heteroatoms. The molecular weight excluding hydrogens is 324 g/mol. The third kappa shape index (κ3) is 3.54. The zero-order valence-electron chi connectivity index (χ0n) is 13.3. The molecule has 24 heavy (non-hydrogen) atoms. The first kappa shape index (κ1) is 16.4. The minimum absolute atomic E-state index is 0.105. The Morgan fingerprint density at radius 2 is 2.00 bits per heavy atom. The third-order valence-corrected chi connectivity index (χ3v) is 4.90. The molecule has 1 atom stereocenters. The Labute approximate surface area is 144 Å². The Balaban J connectivity index is 1.87. The topological polar surface area (TPSA) is 72.8 Å². The summed E-state index contributed by atoms with van der Waals surface area (Å²) in [6.45, 7) is 2.01. The van der Waals surface area contributed by atoms with E-state index < -0.39 is 5.97 Å². The van der Waals surface area contributed by atoms with Crippen LogP contribution in [0.2, 0.25) is 0 Å². The molecule has 1 aromatic heterocycles. The van der Waals surface area contributed by atoms with Crippen molar-refractivity contribution in [2.24, 2.45) is 5.10 Å². The molecule has 0 bridgehead atoms. The van der Waals surface area contributed by atoms with Crippen LogP contribution < -0.4 is 5.11 Å². The molecule has 0 aliphatic carbocycles. The number of rotatable bonds is 5. The lowest BCUT2D eigenvalue weighted by Crippen LogP contribution is -2.29. The predicted molar refractivity (Wildman–Crippen MR) is 90.5 cm³/mol. The lowest BCUT2D eigenvalue weighted by atomic mass is 10.00. The monoisotopic (exact) mass is 341 g/mol. The van der Waals surface area contributed by atoms with Crippen molar-refractivity contribution in [3.63, 3.8) is 0 Å². The van der Waals surface area contributed by atoms with Crippen LogP contribution in [-0.2, 0) is 9.59 Å². The summed E-state index contributed by atoms with van der Waals surface area (Å²) in [5, 5.41) is 18.5. The second-order valence-corrected chi connectivity index (χ2v) is 6.71. The average molecular weight is 341 g/mol. The molecule has 1 amide bonds. The Kier molecular flexibility index (Phi) is 4.76. The smallest absolute Gasteiger partial charge is 0.243 e. The van der Waals surface area contributed by atoms with Crippen LogP contribution in [0.3, 0.4) is 0 Å². The zero-order chi connectivity index (χ0) is 17.1. The van der Waals surface area contributed by atoms with E-state index in [4.69, 9.17) is 0 Å². The summed E-state index contributed by atoms with van der Waals surface area (Å²) in [5.74, 6) is -1.52. The van der Waals surface area contributed by atoms with Gasteiger partial charge in [0, 0.05) is 18.8 Å². The molecule has 5 nitrogen and oxygen atoms in total. The molecule has 3 rings (SSSR count). The zero-order valence-corrected chi connectivity index (χ0v) is 14.1. The van der Waals surface area contributed by atoms with Crippen molar-refractivity contribution in [3.8, 4) is 0 Å². The van der Waals surface area contributed by atoms with Crippen LogP contribution in [0, 0.1) is 6.92 Å². The summed E-state index contributed by atoms with van der Waals surface area (Å²) >= 11 is 1.58. The summed E-state index contributed by atoms with van der Waals surface area (Å²) in [7, 11) is 0. The second kappa shape index (κ2) is 6.97. The molecule has 0 unspecified atom stereocenters. The van der Waals surface area contributed by atoms with E-state index in [1.165, 1.54) is 5.01 Å². The van der Waals surface area contributed by atoms with E-state index in [1.807, 2.05) is 48.7 Å². The van der Waals surface area contributed by atoms with Gasteiger partial charge < -0.3 is 9.90 Å². The van der Waals surface area contributed by atoms with Gasteiger partial charge in [0.15, 0.2) is 0 Å². The number of hydrogen-bond acceptors (Lipinski definition) is 5. The van der Waals surface area contributed by atoms with Gasteiger partial charge in [-0.3, -0.25) is 4.79 Å². The highest BCUT2D eigenvalue weighted by Crippen LogP contribution is 2.34. The van der Waals surface area contributed by atoms with Crippen molar-refractivity contribution >= 4 is 28.9 Å². The van der Waals surface area contributed by atoms with E-state index in [-0.39, 0.29) is 24.8 Å². The molecule has 0 saturated heterocycles. The quantitative estimate of drug-likeness (QED) is 0.837. The van der Waals surface area contributed by atoms with Crippen LogP contribution in [0.1, 0.15) is 41.3 Å². The molecule has 0 spiro atoms. The van der Waals surface area contributed by atoms with Gasteiger partial charge in [-0.25, -0.2) is 5.01 Å². The highest BCUT2D eigenvalue weighted by molar-refractivity contribution is 7.12. The molecule has 0 radical (unpaired) electrons. The van der Waals surface area contributed by atoms with Crippen molar-refractivity contribution in [3.05, 3.63) is 57.8 Å². The number of benzene rings is 1. The molecular formula is C18H17N2O3S-. The number of amides is 1. The highest BCUT2D eigenvalue weighted by atomic mass is 32.1. The Bertz CT molecular complexity index is 766. The largest absolute Gasteiger partial charge is 0.550 e. The van der Waals surface area contributed by atoms with Gasteiger partial charge in [-0.05, 0) is 30.4 Å². The first-order chi connectivity index (χ1) is 11.5. The van der Waals surface area contributed by atoms with E-state index in [1.54, 1.807) is 11.3 Å². The summed E-state index contributed by atoms with van der Waals surface area (Å²) in [4.78, 5) is 24.1. The van der Waals surface area contributed by atoms with Crippen LogP contribution in [0.25, 0.3) is 0 Å². The van der Waals surface area contributed by atoms with Crippen LogP contribution in [-0.4, -0.2) is 22.6 Å². The summed E-state index contributed by atoms with van der Waals surface area (Å²) in [5.41, 5.74) is 3.00. The standard InChI is InChI=1S/C18H18N2O3S/c1-12-4-6-13(7-5-12)15-11-14(16-3-2-10-24-16)19-20(15)17(21)8-9-18(22)23/h2-7,10,15H,8-9,11H2,1H3,(H,22,23)/p-1/t15-/m1/s1. The predicted octanol–water partition coefficient (Wildman–Crippen LogP) is 2.26. The maximum Gasteiger partial charge on any atom is 0.243 e. The SMILES string of the molecule is Cc1ccc([C@H]2CC(c3cccs3)=NN2C(=O)CCC(=O)[O-])cc1. The van der Waals surface area contributed by atoms with Gasteiger partial charge in [-0.15, -0.1) is 11.3 Å². The summed E-state index contributed by atoms with van der Waals surface area (Å²) < 4.78 is 0. The number of carbonyl (C=O) groups is 2. The fourth-order valence-corrected chi connectivity index (χ4v) is 3.42. The Morgan fingerprint density at radius 1 is 1.25 bits per heavy atom. The number of hydrogen-bond donors (Lipinski definition) is 0. The number of hydrazone groups is 1. The first-order valence-corrected chi connectivity index (χ1v) is 8.62. The molecule has 124 valence electrons. The van der Waals surface area contributed by atoms with E-state index in [9.17, 15) is 14.7 Å². The molecule has 1 aliphatic heterocycles. The second-order valence-electron chi connectivity index (χ2n) is 5.76. The minimum Gasteiger partial charge on any atom is -0.550 e. The Morgan fingerprint density at radius 3 is 2.62 bits per heavy atom. The number of carboxylic acid groups (broad SMARTS) is 1. The van der Waals surface area contributed by atoms with Crippen molar-refractivity contribution in [1.29, 1.82) is 0 Å². The fourth-order valence-electron chi connectivity index (χ4n) is 2.70. The van der Waals surface area contributed by atoms with E-state index in [0.29, 0.717) is 6.42 Å². The normalized spacial score (nSPS) is 17.0. The lowest BCUT2D eigenvalue weighted by molar-refractivity contribution is -0.305. The van der Waals surface area contributed by atoms with E-state index >= 15 is 0 Å². The summed E-state index contributed by atoms with van der Waals surface area (Å²) in [6, 6.07) is 11.7. The third-order valence-electron chi connectivity index (χ3n) is 3.98. The number of thiophene rings is 1. The fraction of sp³-hybridized carbons (Fsp3) is 0.278. The molecule has 0 fully saturated rings. The van der Waals surface area contributed by atoms with Crippen molar-refractivity contribution in [2.75, 3.05) is 0 Å². The van der Waals surface area contributed by atoms with Gasteiger partial charge in [0.25, 0.3) is 0 Å².